The lowest BCUT2D eigenvalue weighted by Crippen LogP contribution is -2.35. The number of benzene rings is 2. The van der Waals surface area contributed by atoms with Gasteiger partial charge in [-0.25, -0.2) is 8.42 Å². The molecule has 0 N–H and O–H groups in total. The molecule has 0 radical (unpaired) electrons. The lowest BCUT2D eigenvalue weighted by Gasteiger charge is -2.29. The summed E-state index contributed by atoms with van der Waals surface area (Å²) in [6, 6.07) is 11.9. The van der Waals surface area contributed by atoms with E-state index in [1.165, 1.54) is 6.26 Å². The predicted molar refractivity (Wildman–Crippen MR) is 92.2 cm³/mol. The van der Waals surface area contributed by atoms with E-state index in [1.54, 1.807) is 13.8 Å². The molecule has 0 aliphatic rings. The summed E-state index contributed by atoms with van der Waals surface area (Å²) in [4.78, 5) is -0.275. The fourth-order valence-electron chi connectivity index (χ4n) is 2.07. The minimum Gasteiger partial charge on any atom is -0.229 e. The Bertz CT molecular complexity index is 752. The van der Waals surface area contributed by atoms with Crippen LogP contribution in [0.4, 0.5) is 0 Å². The normalized spacial score (nSPS) is 14.4. The van der Waals surface area contributed by atoms with Crippen molar-refractivity contribution in [1.29, 1.82) is 0 Å². The molecular weight excluding hydrogens is 404 g/mol. The third kappa shape index (κ3) is 2.68. The van der Waals surface area contributed by atoms with Gasteiger partial charge in [-0.3, -0.25) is 0 Å². The highest BCUT2D eigenvalue weighted by molar-refractivity contribution is 9.10. The maximum atomic E-state index is 12.0. The van der Waals surface area contributed by atoms with Crippen LogP contribution in [0.15, 0.2) is 40.9 Å². The zero-order valence-corrected chi connectivity index (χ0v) is 15.5. The molecule has 0 bridgehead atoms. The number of hydrogen-bond acceptors (Lipinski definition) is 2. The number of sulfone groups is 1. The highest BCUT2D eigenvalue weighted by Crippen LogP contribution is 2.42. The number of hydrogen-bond donors (Lipinski definition) is 0. The third-order valence-electron chi connectivity index (χ3n) is 3.74. The standard InChI is InChI=1S/C15H16Br2O2S/c1-15(2,20(3,18)19)14(17)12-8-9-13(16)11-7-5-4-6-10(11)12/h4-9,14H,1-3H3. The van der Waals surface area contributed by atoms with E-state index >= 15 is 0 Å². The molecular formula is C15H16Br2O2S. The van der Waals surface area contributed by atoms with Gasteiger partial charge < -0.3 is 0 Å². The molecule has 0 aliphatic carbocycles. The smallest absolute Gasteiger partial charge is 0.154 e. The molecule has 5 heteroatoms. The van der Waals surface area contributed by atoms with Crippen molar-refractivity contribution in [3.8, 4) is 0 Å². The van der Waals surface area contributed by atoms with Crippen LogP contribution in [0, 0.1) is 0 Å². The van der Waals surface area contributed by atoms with Gasteiger partial charge in [0.15, 0.2) is 9.84 Å². The van der Waals surface area contributed by atoms with Crippen LogP contribution in [0.5, 0.6) is 0 Å². The lowest BCUT2D eigenvalue weighted by molar-refractivity contribution is 0.549. The van der Waals surface area contributed by atoms with Crippen LogP contribution in [0.25, 0.3) is 10.8 Å². The van der Waals surface area contributed by atoms with Gasteiger partial charge >= 0.3 is 0 Å². The van der Waals surface area contributed by atoms with E-state index in [4.69, 9.17) is 0 Å². The molecule has 108 valence electrons. The molecule has 2 aromatic rings. The molecule has 0 aliphatic heterocycles. The summed E-state index contributed by atoms with van der Waals surface area (Å²) in [5.74, 6) is 0. The Kier molecular flexibility index (Phi) is 4.34. The van der Waals surface area contributed by atoms with Gasteiger partial charge in [-0.1, -0.05) is 62.2 Å². The molecule has 2 aromatic carbocycles. The van der Waals surface area contributed by atoms with Gasteiger partial charge in [0.2, 0.25) is 0 Å². The Labute approximate surface area is 136 Å². The minimum absolute atomic E-state index is 0.275. The Morgan fingerprint density at radius 3 is 2.15 bits per heavy atom. The maximum absolute atomic E-state index is 12.0. The Balaban J connectivity index is 2.68. The van der Waals surface area contributed by atoms with Crippen LogP contribution in [0.1, 0.15) is 24.2 Å². The summed E-state index contributed by atoms with van der Waals surface area (Å²) in [5, 5.41) is 2.14. The second-order valence-electron chi connectivity index (χ2n) is 5.42. The van der Waals surface area contributed by atoms with E-state index in [0.717, 1.165) is 20.8 Å². The first-order valence-electron chi connectivity index (χ1n) is 6.17. The first kappa shape index (κ1) is 16.0. The highest BCUT2D eigenvalue weighted by atomic mass is 79.9. The van der Waals surface area contributed by atoms with E-state index in [2.05, 4.69) is 31.9 Å². The van der Waals surface area contributed by atoms with Crippen molar-refractivity contribution in [3.05, 3.63) is 46.4 Å². The Morgan fingerprint density at radius 2 is 1.60 bits per heavy atom. The molecule has 1 atom stereocenters. The van der Waals surface area contributed by atoms with Crippen LogP contribution < -0.4 is 0 Å². The van der Waals surface area contributed by atoms with Crippen molar-refractivity contribution < 1.29 is 8.42 Å². The second-order valence-corrected chi connectivity index (χ2v) is 9.79. The summed E-state index contributed by atoms with van der Waals surface area (Å²) in [6.45, 7) is 3.50. The second kappa shape index (κ2) is 5.43. The van der Waals surface area contributed by atoms with Gasteiger partial charge in [0.25, 0.3) is 0 Å². The van der Waals surface area contributed by atoms with Crippen LogP contribution >= 0.6 is 31.9 Å². The van der Waals surface area contributed by atoms with Crippen LogP contribution in [0.2, 0.25) is 0 Å². The van der Waals surface area contributed by atoms with Gasteiger partial charge in [0, 0.05) is 10.7 Å². The molecule has 1 unspecified atom stereocenters. The van der Waals surface area contributed by atoms with E-state index in [-0.39, 0.29) is 4.83 Å². The van der Waals surface area contributed by atoms with Gasteiger partial charge in [-0.05, 0) is 36.2 Å². The summed E-state index contributed by atoms with van der Waals surface area (Å²) >= 11 is 7.13. The van der Waals surface area contributed by atoms with Crippen molar-refractivity contribution in [2.24, 2.45) is 0 Å². The zero-order valence-electron chi connectivity index (χ0n) is 11.5. The van der Waals surface area contributed by atoms with E-state index in [1.807, 2.05) is 36.4 Å². The number of fused-ring (bicyclic) bond motifs is 1. The van der Waals surface area contributed by atoms with Crippen LogP contribution in [0.3, 0.4) is 0 Å². The van der Waals surface area contributed by atoms with Crippen molar-refractivity contribution in [1.82, 2.24) is 0 Å². The fraction of sp³-hybridized carbons (Fsp3) is 0.333. The van der Waals surface area contributed by atoms with Gasteiger partial charge in [0.1, 0.15) is 0 Å². The first-order valence-corrected chi connectivity index (χ1v) is 9.77. The third-order valence-corrected chi connectivity index (χ3v) is 8.52. The fourth-order valence-corrected chi connectivity index (χ4v) is 4.47. The number of rotatable bonds is 3. The molecule has 2 rings (SSSR count). The molecule has 0 heterocycles. The van der Waals surface area contributed by atoms with Gasteiger partial charge in [-0.15, -0.1) is 0 Å². The van der Waals surface area contributed by atoms with E-state index in [0.29, 0.717) is 0 Å². The van der Waals surface area contributed by atoms with Gasteiger partial charge in [-0.2, -0.15) is 0 Å². The topological polar surface area (TPSA) is 34.1 Å². The molecule has 0 saturated heterocycles. The molecule has 0 aromatic heterocycles. The summed E-state index contributed by atoms with van der Waals surface area (Å²) in [7, 11) is -3.19. The molecule has 0 spiro atoms. The SMILES string of the molecule is CC(C)(C(Br)c1ccc(Br)c2ccccc12)S(C)(=O)=O. The van der Waals surface area contributed by atoms with Crippen molar-refractivity contribution >= 4 is 52.5 Å². The quantitative estimate of drug-likeness (QED) is 0.665. The van der Waals surface area contributed by atoms with Crippen molar-refractivity contribution in [2.45, 2.75) is 23.4 Å². The Morgan fingerprint density at radius 1 is 1.05 bits per heavy atom. The summed E-state index contributed by atoms with van der Waals surface area (Å²) < 4.78 is 24.2. The number of halogens is 2. The molecule has 0 amide bonds. The maximum Gasteiger partial charge on any atom is 0.154 e. The lowest BCUT2D eigenvalue weighted by atomic mass is 9.96. The van der Waals surface area contributed by atoms with E-state index in [9.17, 15) is 8.42 Å². The van der Waals surface area contributed by atoms with Gasteiger partial charge in [0.05, 0.1) is 9.57 Å². The Hall–Kier alpha value is -0.390. The molecule has 0 fully saturated rings. The summed E-state index contributed by atoms with van der Waals surface area (Å²) in [5.41, 5.74) is 0.985. The first-order chi connectivity index (χ1) is 9.16. The van der Waals surface area contributed by atoms with Crippen molar-refractivity contribution in [3.63, 3.8) is 0 Å². The van der Waals surface area contributed by atoms with Crippen LogP contribution in [-0.4, -0.2) is 19.4 Å². The molecule has 0 saturated carbocycles. The average Bonchev–Trinajstić information content (AvgIpc) is 2.37. The van der Waals surface area contributed by atoms with E-state index < -0.39 is 14.6 Å². The largest absolute Gasteiger partial charge is 0.229 e. The van der Waals surface area contributed by atoms with Crippen molar-refractivity contribution in [2.75, 3.05) is 6.26 Å². The number of alkyl halides is 1. The highest BCUT2D eigenvalue weighted by Gasteiger charge is 2.39. The monoisotopic (exact) mass is 418 g/mol. The molecule has 20 heavy (non-hydrogen) atoms. The van der Waals surface area contributed by atoms with Crippen LogP contribution in [-0.2, 0) is 9.84 Å². The predicted octanol–water partition coefficient (Wildman–Crippen LogP) is 4.86. The summed E-state index contributed by atoms with van der Waals surface area (Å²) in [6.07, 6.45) is 1.28. The molecule has 2 nitrogen and oxygen atoms in total. The average molecular weight is 420 g/mol. The minimum atomic E-state index is -3.19. The zero-order chi connectivity index (χ0) is 15.1.